The highest BCUT2D eigenvalue weighted by Crippen LogP contribution is 2.13. The van der Waals surface area contributed by atoms with Crippen molar-refractivity contribution in [1.82, 2.24) is 20.4 Å². The fourth-order valence-corrected chi connectivity index (χ4v) is 2.19. The van der Waals surface area contributed by atoms with E-state index in [1.54, 1.807) is 0 Å². The summed E-state index contributed by atoms with van der Waals surface area (Å²) in [7, 11) is 1.94. The van der Waals surface area contributed by atoms with Gasteiger partial charge in [0.15, 0.2) is 0 Å². The normalized spacial score (nSPS) is 12.2. The van der Waals surface area contributed by atoms with Gasteiger partial charge in [0.2, 0.25) is 0 Å². The number of aliphatic hydroxyl groups excluding tert-OH is 1. The standard InChI is InChI=1S/C14H26N4O2/c1-10(7-9-19)16-14(20)15-8-5-6-13-11(2)17-18(4)12(13)3/h10,19H,5-9H2,1-4H3,(H2,15,16,20). The van der Waals surface area contributed by atoms with E-state index in [9.17, 15) is 4.79 Å². The molecule has 0 aliphatic rings. The number of rotatable bonds is 7. The smallest absolute Gasteiger partial charge is 0.314 e. The van der Waals surface area contributed by atoms with Gasteiger partial charge in [-0.05, 0) is 45.6 Å². The van der Waals surface area contributed by atoms with Crippen LogP contribution in [0.5, 0.6) is 0 Å². The Morgan fingerprint density at radius 3 is 2.70 bits per heavy atom. The first-order valence-corrected chi connectivity index (χ1v) is 7.10. The quantitative estimate of drug-likeness (QED) is 0.654. The summed E-state index contributed by atoms with van der Waals surface area (Å²) >= 11 is 0. The zero-order valence-corrected chi connectivity index (χ0v) is 12.9. The number of nitrogens with zero attached hydrogens (tertiary/aromatic N) is 2. The maximum Gasteiger partial charge on any atom is 0.314 e. The van der Waals surface area contributed by atoms with E-state index in [4.69, 9.17) is 5.11 Å². The molecule has 0 bridgehead atoms. The van der Waals surface area contributed by atoms with Crippen LogP contribution in [0.15, 0.2) is 0 Å². The summed E-state index contributed by atoms with van der Waals surface area (Å²) in [5, 5.41) is 18.8. The van der Waals surface area contributed by atoms with Gasteiger partial charge in [0.1, 0.15) is 0 Å². The molecule has 0 fully saturated rings. The Balaban J connectivity index is 2.26. The highest BCUT2D eigenvalue weighted by atomic mass is 16.3. The topological polar surface area (TPSA) is 79.2 Å². The van der Waals surface area contributed by atoms with Crippen LogP contribution in [-0.4, -0.2) is 40.1 Å². The average Bonchev–Trinajstić information content (AvgIpc) is 2.60. The summed E-state index contributed by atoms with van der Waals surface area (Å²) in [6.07, 6.45) is 2.37. The van der Waals surface area contributed by atoms with E-state index in [0.717, 1.165) is 18.5 Å². The van der Waals surface area contributed by atoms with Crippen LogP contribution in [0.2, 0.25) is 0 Å². The van der Waals surface area contributed by atoms with E-state index in [0.29, 0.717) is 13.0 Å². The van der Waals surface area contributed by atoms with Crippen LogP contribution in [0.3, 0.4) is 0 Å². The molecule has 1 aromatic rings. The first-order valence-electron chi connectivity index (χ1n) is 7.10. The first kappa shape index (κ1) is 16.5. The first-order chi connectivity index (χ1) is 9.45. The lowest BCUT2D eigenvalue weighted by molar-refractivity contribution is 0.231. The van der Waals surface area contributed by atoms with Crippen molar-refractivity contribution in [3.8, 4) is 0 Å². The maximum atomic E-state index is 11.6. The van der Waals surface area contributed by atoms with Crippen LogP contribution < -0.4 is 10.6 Å². The van der Waals surface area contributed by atoms with E-state index in [1.165, 1.54) is 11.3 Å². The van der Waals surface area contributed by atoms with Gasteiger partial charge in [0.05, 0.1) is 5.69 Å². The van der Waals surface area contributed by atoms with Crippen LogP contribution in [-0.2, 0) is 13.5 Å². The Kier molecular flexibility index (Phi) is 6.51. The number of hydrogen-bond donors (Lipinski definition) is 3. The molecule has 0 aromatic carbocycles. The lowest BCUT2D eigenvalue weighted by atomic mass is 10.1. The van der Waals surface area contributed by atoms with Gasteiger partial charge in [-0.15, -0.1) is 0 Å². The molecule has 0 saturated carbocycles. The lowest BCUT2D eigenvalue weighted by Crippen LogP contribution is -2.41. The van der Waals surface area contributed by atoms with E-state index >= 15 is 0 Å². The molecular formula is C14H26N4O2. The number of amides is 2. The Morgan fingerprint density at radius 1 is 1.45 bits per heavy atom. The second-order valence-electron chi connectivity index (χ2n) is 5.19. The molecular weight excluding hydrogens is 256 g/mol. The molecule has 1 rings (SSSR count). The number of aryl methyl sites for hydroxylation is 2. The molecule has 20 heavy (non-hydrogen) atoms. The second-order valence-corrected chi connectivity index (χ2v) is 5.19. The summed E-state index contributed by atoms with van der Waals surface area (Å²) in [6.45, 7) is 6.66. The molecule has 0 saturated heterocycles. The fraction of sp³-hybridized carbons (Fsp3) is 0.714. The summed E-state index contributed by atoms with van der Waals surface area (Å²) in [5.41, 5.74) is 3.51. The number of nitrogens with one attached hydrogen (secondary N) is 2. The van der Waals surface area contributed by atoms with Gasteiger partial charge in [-0.1, -0.05) is 0 Å². The van der Waals surface area contributed by atoms with Crippen molar-refractivity contribution >= 4 is 6.03 Å². The highest BCUT2D eigenvalue weighted by Gasteiger charge is 2.09. The summed E-state index contributed by atoms with van der Waals surface area (Å²) in [5.74, 6) is 0. The van der Waals surface area contributed by atoms with Crippen molar-refractivity contribution in [2.45, 2.75) is 46.1 Å². The Bertz CT molecular complexity index is 443. The monoisotopic (exact) mass is 282 g/mol. The molecule has 0 spiro atoms. The molecule has 6 nitrogen and oxygen atoms in total. The Morgan fingerprint density at radius 2 is 2.15 bits per heavy atom. The zero-order chi connectivity index (χ0) is 15.1. The number of hydrogen-bond acceptors (Lipinski definition) is 3. The van der Waals surface area contributed by atoms with Crippen molar-refractivity contribution in [2.24, 2.45) is 7.05 Å². The van der Waals surface area contributed by atoms with E-state index < -0.39 is 0 Å². The summed E-state index contributed by atoms with van der Waals surface area (Å²) in [6, 6.07) is -0.187. The largest absolute Gasteiger partial charge is 0.396 e. The molecule has 3 N–H and O–H groups in total. The van der Waals surface area contributed by atoms with Crippen LogP contribution in [0, 0.1) is 13.8 Å². The number of urea groups is 1. The van der Waals surface area contributed by atoms with Gasteiger partial charge in [-0.25, -0.2) is 4.79 Å². The van der Waals surface area contributed by atoms with E-state index in [1.807, 2.05) is 25.6 Å². The molecule has 0 radical (unpaired) electrons. The third kappa shape index (κ3) is 4.85. The molecule has 1 atom stereocenters. The minimum Gasteiger partial charge on any atom is -0.396 e. The number of aliphatic hydroxyl groups is 1. The average molecular weight is 282 g/mol. The summed E-state index contributed by atoms with van der Waals surface area (Å²) < 4.78 is 1.89. The van der Waals surface area contributed by atoms with Crippen molar-refractivity contribution in [3.63, 3.8) is 0 Å². The van der Waals surface area contributed by atoms with Gasteiger partial charge >= 0.3 is 6.03 Å². The van der Waals surface area contributed by atoms with E-state index in [2.05, 4.69) is 22.7 Å². The van der Waals surface area contributed by atoms with Crippen molar-refractivity contribution < 1.29 is 9.90 Å². The SMILES string of the molecule is Cc1nn(C)c(C)c1CCCNC(=O)NC(C)CCO. The van der Waals surface area contributed by atoms with Crippen LogP contribution in [0.1, 0.15) is 36.7 Å². The lowest BCUT2D eigenvalue weighted by Gasteiger charge is -2.13. The second kappa shape index (κ2) is 7.89. The minimum atomic E-state index is -0.175. The van der Waals surface area contributed by atoms with Crippen LogP contribution in [0.4, 0.5) is 4.79 Å². The highest BCUT2D eigenvalue weighted by molar-refractivity contribution is 5.74. The number of aromatic nitrogens is 2. The van der Waals surface area contributed by atoms with Crippen molar-refractivity contribution in [1.29, 1.82) is 0 Å². The van der Waals surface area contributed by atoms with Crippen LogP contribution in [0.25, 0.3) is 0 Å². The van der Waals surface area contributed by atoms with Gasteiger partial charge in [-0.3, -0.25) is 4.68 Å². The van der Waals surface area contributed by atoms with Crippen LogP contribution >= 0.6 is 0 Å². The molecule has 1 aromatic heterocycles. The van der Waals surface area contributed by atoms with Gasteiger partial charge < -0.3 is 15.7 Å². The van der Waals surface area contributed by atoms with E-state index in [-0.39, 0.29) is 18.7 Å². The Hall–Kier alpha value is -1.56. The van der Waals surface area contributed by atoms with Gasteiger partial charge in [-0.2, -0.15) is 5.10 Å². The Labute approximate surface area is 120 Å². The predicted molar refractivity (Wildman–Crippen MR) is 78.7 cm³/mol. The molecule has 0 aliphatic carbocycles. The molecule has 1 heterocycles. The third-order valence-corrected chi connectivity index (χ3v) is 3.49. The summed E-state index contributed by atoms with van der Waals surface area (Å²) in [4.78, 5) is 11.6. The molecule has 1 unspecified atom stereocenters. The van der Waals surface area contributed by atoms with Gasteiger partial charge in [0.25, 0.3) is 0 Å². The molecule has 2 amide bonds. The number of carbonyl (C=O) groups excluding carboxylic acids is 1. The van der Waals surface area contributed by atoms with Crippen molar-refractivity contribution in [2.75, 3.05) is 13.2 Å². The van der Waals surface area contributed by atoms with Crippen molar-refractivity contribution in [3.05, 3.63) is 17.0 Å². The zero-order valence-electron chi connectivity index (χ0n) is 12.9. The number of carbonyl (C=O) groups is 1. The molecule has 6 heteroatoms. The maximum absolute atomic E-state index is 11.6. The third-order valence-electron chi connectivity index (χ3n) is 3.49. The fourth-order valence-electron chi connectivity index (χ4n) is 2.19. The van der Waals surface area contributed by atoms with Gasteiger partial charge in [0, 0.05) is 31.9 Å². The molecule has 114 valence electrons. The predicted octanol–water partition coefficient (Wildman–Crippen LogP) is 1.04. The minimum absolute atomic E-state index is 0.0113. The molecule has 0 aliphatic heterocycles.